The number of nitrogens with zero attached hydrogens (tertiary/aromatic N) is 1. The summed E-state index contributed by atoms with van der Waals surface area (Å²) in [7, 11) is 0. The van der Waals surface area contributed by atoms with Crippen molar-refractivity contribution in [3.05, 3.63) is 94.7 Å². The van der Waals surface area contributed by atoms with E-state index in [1.165, 1.54) is 13.0 Å². The Labute approximate surface area is 185 Å². The van der Waals surface area contributed by atoms with Crippen LogP contribution in [0.15, 0.2) is 66.7 Å². The van der Waals surface area contributed by atoms with E-state index in [4.69, 9.17) is 0 Å². The molecule has 4 aromatic rings. The van der Waals surface area contributed by atoms with Crippen LogP contribution in [0, 0.1) is 13.8 Å². The fraction of sp³-hybridized carbons (Fsp3) is 0.148. The maximum atomic E-state index is 13.0. The molecule has 5 nitrogen and oxygen atoms in total. The zero-order valence-electron chi connectivity index (χ0n) is 18.2. The number of benzene rings is 3. The van der Waals surface area contributed by atoms with Crippen LogP contribution in [-0.2, 0) is 0 Å². The van der Waals surface area contributed by atoms with Gasteiger partial charge in [0.2, 0.25) is 0 Å². The van der Waals surface area contributed by atoms with Gasteiger partial charge in [0.25, 0.3) is 0 Å². The summed E-state index contributed by atoms with van der Waals surface area (Å²) in [6.07, 6.45) is -0.354. The molecule has 3 aromatic carbocycles. The van der Waals surface area contributed by atoms with Gasteiger partial charge in [0.15, 0.2) is 17.3 Å². The first-order valence-corrected chi connectivity index (χ1v) is 10.4. The standard InChI is InChI=1S/C27H23NO4/c1-16-9-11-20(12-10-16)28-17(2)27(18(3)29)21-14-25(31)22(13-23(21)28)26(32)15-24(30)19-7-5-4-6-8-19/h4-14,31H,15H2,1-3H3. The fourth-order valence-electron chi connectivity index (χ4n) is 4.11. The first kappa shape index (κ1) is 21.2. The second-order valence-electron chi connectivity index (χ2n) is 7.96. The molecule has 5 heteroatoms. The number of Topliss-reactive ketones (excluding diaryl/α,β-unsaturated/α-hetero) is 3. The van der Waals surface area contributed by atoms with Crippen molar-refractivity contribution in [3.8, 4) is 11.4 Å². The Kier molecular flexibility index (Phi) is 5.49. The molecule has 0 bridgehead atoms. The number of phenolic OH excluding ortho intramolecular Hbond substituents is 1. The largest absolute Gasteiger partial charge is 0.507 e. The molecule has 0 atom stereocenters. The van der Waals surface area contributed by atoms with Crippen molar-refractivity contribution in [3.63, 3.8) is 0 Å². The van der Waals surface area contributed by atoms with Gasteiger partial charge in [-0.15, -0.1) is 0 Å². The van der Waals surface area contributed by atoms with E-state index < -0.39 is 5.78 Å². The van der Waals surface area contributed by atoms with E-state index in [1.54, 1.807) is 36.4 Å². The van der Waals surface area contributed by atoms with Crippen molar-refractivity contribution in [1.29, 1.82) is 0 Å². The third kappa shape index (κ3) is 3.73. The van der Waals surface area contributed by atoms with Crippen molar-refractivity contribution < 1.29 is 19.5 Å². The van der Waals surface area contributed by atoms with Crippen LogP contribution in [0.5, 0.6) is 5.75 Å². The average Bonchev–Trinajstić information content (AvgIpc) is 3.05. The van der Waals surface area contributed by atoms with E-state index in [1.807, 2.05) is 42.7 Å². The van der Waals surface area contributed by atoms with Gasteiger partial charge in [-0.05, 0) is 45.0 Å². The molecule has 0 saturated carbocycles. The Morgan fingerprint density at radius 3 is 2.16 bits per heavy atom. The molecule has 1 N–H and O–H groups in total. The number of carbonyl (C=O) groups excluding carboxylic acids is 3. The van der Waals surface area contributed by atoms with Gasteiger partial charge in [-0.3, -0.25) is 14.4 Å². The van der Waals surface area contributed by atoms with Crippen molar-refractivity contribution in [2.75, 3.05) is 0 Å². The van der Waals surface area contributed by atoms with Gasteiger partial charge >= 0.3 is 0 Å². The maximum absolute atomic E-state index is 13.0. The van der Waals surface area contributed by atoms with Gasteiger partial charge in [0, 0.05) is 27.9 Å². The zero-order valence-corrected chi connectivity index (χ0v) is 18.2. The lowest BCUT2D eigenvalue weighted by molar-refractivity contribution is 0.0892. The van der Waals surface area contributed by atoms with Crippen LogP contribution in [0.2, 0.25) is 0 Å². The van der Waals surface area contributed by atoms with Gasteiger partial charge in [-0.2, -0.15) is 0 Å². The summed E-state index contributed by atoms with van der Waals surface area (Å²) in [6.45, 7) is 5.31. The number of hydrogen-bond acceptors (Lipinski definition) is 4. The normalized spacial score (nSPS) is 11.0. The molecule has 0 aliphatic carbocycles. The van der Waals surface area contributed by atoms with Gasteiger partial charge in [0.05, 0.1) is 17.5 Å². The van der Waals surface area contributed by atoms with Gasteiger partial charge in [0.1, 0.15) is 5.75 Å². The van der Waals surface area contributed by atoms with E-state index in [2.05, 4.69) is 0 Å². The van der Waals surface area contributed by atoms with Gasteiger partial charge in [-0.1, -0.05) is 48.0 Å². The third-order valence-corrected chi connectivity index (χ3v) is 5.68. The number of ketones is 3. The molecule has 160 valence electrons. The van der Waals surface area contributed by atoms with E-state index in [0.29, 0.717) is 22.0 Å². The van der Waals surface area contributed by atoms with Crippen LogP contribution in [0.3, 0.4) is 0 Å². The minimum Gasteiger partial charge on any atom is -0.507 e. The summed E-state index contributed by atoms with van der Waals surface area (Å²) in [5.41, 5.74) is 4.29. The van der Waals surface area contributed by atoms with Crippen LogP contribution >= 0.6 is 0 Å². The second-order valence-corrected chi connectivity index (χ2v) is 7.96. The highest BCUT2D eigenvalue weighted by molar-refractivity contribution is 6.16. The topological polar surface area (TPSA) is 76.4 Å². The zero-order chi connectivity index (χ0) is 23.0. The molecule has 0 radical (unpaired) electrons. The molecule has 0 spiro atoms. The Bertz CT molecular complexity index is 1360. The summed E-state index contributed by atoms with van der Waals surface area (Å²) in [5, 5.41) is 11.2. The smallest absolute Gasteiger partial charge is 0.174 e. The van der Waals surface area contributed by atoms with Crippen molar-refractivity contribution in [2.45, 2.75) is 27.2 Å². The molecule has 32 heavy (non-hydrogen) atoms. The van der Waals surface area contributed by atoms with E-state index in [0.717, 1.165) is 16.9 Å². The Balaban J connectivity index is 1.85. The number of carbonyl (C=O) groups is 3. The predicted molar refractivity (Wildman–Crippen MR) is 124 cm³/mol. The number of phenols is 1. The molecule has 0 aliphatic heterocycles. The highest BCUT2D eigenvalue weighted by Gasteiger charge is 2.23. The van der Waals surface area contributed by atoms with Crippen molar-refractivity contribution in [2.24, 2.45) is 0 Å². The third-order valence-electron chi connectivity index (χ3n) is 5.68. The first-order chi connectivity index (χ1) is 15.3. The number of aromatic hydroxyl groups is 1. The average molecular weight is 425 g/mol. The van der Waals surface area contributed by atoms with Crippen molar-refractivity contribution >= 4 is 28.3 Å². The van der Waals surface area contributed by atoms with E-state index in [-0.39, 0.29) is 29.3 Å². The number of aryl methyl sites for hydroxylation is 1. The lowest BCUT2D eigenvalue weighted by Crippen LogP contribution is -2.09. The van der Waals surface area contributed by atoms with Crippen molar-refractivity contribution in [1.82, 2.24) is 4.57 Å². The molecular weight excluding hydrogens is 402 g/mol. The predicted octanol–water partition coefficient (Wildman–Crippen LogP) is 5.61. The number of hydrogen-bond donors (Lipinski definition) is 1. The Morgan fingerprint density at radius 2 is 1.53 bits per heavy atom. The summed E-state index contributed by atoms with van der Waals surface area (Å²) < 4.78 is 1.90. The van der Waals surface area contributed by atoms with E-state index in [9.17, 15) is 19.5 Å². The summed E-state index contributed by atoms with van der Waals surface area (Å²) in [4.78, 5) is 37.9. The minimum atomic E-state index is -0.475. The van der Waals surface area contributed by atoms with Gasteiger partial charge in [-0.25, -0.2) is 0 Å². The number of rotatable bonds is 6. The molecule has 0 aliphatic rings. The number of aromatic nitrogens is 1. The fourth-order valence-corrected chi connectivity index (χ4v) is 4.11. The summed E-state index contributed by atoms with van der Waals surface area (Å²) >= 11 is 0. The van der Waals surface area contributed by atoms with Crippen LogP contribution in [0.25, 0.3) is 16.6 Å². The quantitative estimate of drug-likeness (QED) is 0.322. The first-order valence-electron chi connectivity index (χ1n) is 10.4. The molecule has 0 saturated heterocycles. The maximum Gasteiger partial charge on any atom is 0.174 e. The molecule has 1 heterocycles. The summed E-state index contributed by atoms with van der Waals surface area (Å²) in [5.74, 6) is -1.16. The molecule has 0 fully saturated rings. The van der Waals surface area contributed by atoms with Crippen LogP contribution in [-0.4, -0.2) is 27.0 Å². The van der Waals surface area contributed by atoms with Crippen LogP contribution in [0.1, 0.15) is 55.7 Å². The Morgan fingerprint density at radius 1 is 0.875 bits per heavy atom. The molecule has 1 aromatic heterocycles. The lowest BCUT2D eigenvalue weighted by Gasteiger charge is -2.10. The van der Waals surface area contributed by atoms with Gasteiger partial charge < -0.3 is 9.67 Å². The lowest BCUT2D eigenvalue weighted by atomic mass is 9.99. The highest BCUT2D eigenvalue weighted by Crippen LogP contribution is 2.35. The van der Waals surface area contributed by atoms with Crippen LogP contribution < -0.4 is 0 Å². The number of fused-ring (bicyclic) bond motifs is 1. The minimum absolute atomic E-state index is 0.0581. The molecule has 0 unspecified atom stereocenters. The van der Waals surface area contributed by atoms with Crippen LogP contribution in [0.4, 0.5) is 0 Å². The van der Waals surface area contributed by atoms with E-state index >= 15 is 0 Å². The second kappa shape index (κ2) is 8.27. The molecule has 4 rings (SSSR count). The Hall–Kier alpha value is -3.99. The highest BCUT2D eigenvalue weighted by atomic mass is 16.3. The monoisotopic (exact) mass is 425 g/mol. The molecule has 0 amide bonds. The summed E-state index contributed by atoms with van der Waals surface area (Å²) in [6, 6.07) is 19.4. The molecular formula is C27H23NO4. The SMILES string of the molecule is CC(=O)c1c(C)n(-c2ccc(C)cc2)c2cc(C(=O)CC(=O)c3ccccc3)c(O)cc12.